The molecule has 0 heterocycles. The average molecular weight is 242 g/mol. The fourth-order valence-electron chi connectivity index (χ4n) is 1.98. The predicted octanol–water partition coefficient (Wildman–Crippen LogP) is 3.38. The van der Waals surface area contributed by atoms with Gasteiger partial charge in [-0.2, -0.15) is 0 Å². The van der Waals surface area contributed by atoms with Crippen molar-refractivity contribution in [2.24, 2.45) is 0 Å². The molecule has 0 N–H and O–H groups in total. The first-order valence-corrected chi connectivity index (χ1v) is 7.67. The first-order chi connectivity index (χ1) is 6.91. The van der Waals surface area contributed by atoms with E-state index in [1.165, 1.54) is 27.1 Å². The highest BCUT2D eigenvalue weighted by molar-refractivity contribution is 7.98. The summed E-state index contributed by atoms with van der Waals surface area (Å²) >= 11 is 1.77. The Bertz CT molecular complexity index is 393. The smallest absolute Gasteiger partial charge is 0.0503 e. The molecule has 1 aromatic carbocycles. The summed E-state index contributed by atoms with van der Waals surface area (Å²) in [6, 6.07) is 0. The summed E-state index contributed by atoms with van der Waals surface area (Å²) in [5, 5.41) is 0. The molecule has 84 valence electrons. The Hall–Kier alpha value is -0.280. The van der Waals surface area contributed by atoms with Gasteiger partial charge < -0.3 is 0 Å². The van der Waals surface area contributed by atoms with Crippen molar-refractivity contribution in [3.8, 4) is 0 Å². The molecule has 0 aliphatic rings. The monoisotopic (exact) mass is 242 g/mol. The highest BCUT2D eigenvalue weighted by atomic mass is 32.2. The van der Waals surface area contributed by atoms with Gasteiger partial charge in [-0.1, -0.05) is 0 Å². The quantitative estimate of drug-likeness (QED) is 0.740. The van der Waals surface area contributed by atoms with Crippen molar-refractivity contribution in [3.63, 3.8) is 0 Å². The van der Waals surface area contributed by atoms with Crippen LogP contribution in [0.4, 0.5) is 0 Å². The van der Waals surface area contributed by atoms with Gasteiger partial charge >= 0.3 is 0 Å². The summed E-state index contributed by atoms with van der Waals surface area (Å²) in [4.78, 5) is 2.35. The van der Waals surface area contributed by atoms with Crippen LogP contribution >= 0.6 is 11.8 Å². The van der Waals surface area contributed by atoms with Gasteiger partial charge in [0.15, 0.2) is 0 Å². The van der Waals surface area contributed by atoms with E-state index in [4.69, 9.17) is 0 Å². The van der Waals surface area contributed by atoms with E-state index < -0.39 is 10.8 Å². The summed E-state index contributed by atoms with van der Waals surface area (Å²) in [6.45, 7) is 8.37. The van der Waals surface area contributed by atoms with Gasteiger partial charge in [0.05, 0.1) is 10.8 Å². The normalized spacial score (nSPS) is 12.9. The zero-order chi connectivity index (χ0) is 11.7. The first kappa shape index (κ1) is 12.8. The number of hydrogen-bond donors (Lipinski definition) is 0. The van der Waals surface area contributed by atoms with E-state index in [2.05, 4.69) is 34.0 Å². The van der Waals surface area contributed by atoms with E-state index in [1.807, 2.05) is 0 Å². The molecule has 0 bridgehead atoms. The number of rotatable bonds is 2. The maximum Gasteiger partial charge on any atom is 0.0503 e. The van der Waals surface area contributed by atoms with Crippen molar-refractivity contribution < 1.29 is 4.21 Å². The molecule has 0 amide bonds. The lowest BCUT2D eigenvalue weighted by atomic mass is 10.0. The van der Waals surface area contributed by atoms with Gasteiger partial charge in [-0.25, -0.2) is 0 Å². The molecular formula is C12H18OS2. The van der Waals surface area contributed by atoms with Crippen molar-refractivity contribution >= 4 is 22.6 Å². The predicted molar refractivity (Wildman–Crippen MR) is 69.5 cm³/mol. The van der Waals surface area contributed by atoms with Gasteiger partial charge in [0.1, 0.15) is 0 Å². The first-order valence-electron chi connectivity index (χ1n) is 4.89. The van der Waals surface area contributed by atoms with Crippen LogP contribution in [0.15, 0.2) is 9.79 Å². The Balaban J connectivity index is 3.66. The zero-order valence-electron chi connectivity index (χ0n) is 10.2. The number of hydrogen-bond acceptors (Lipinski definition) is 2. The molecule has 0 saturated carbocycles. The second-order valence-corrected chi connectivity index (χ2v) is 5.95. The summed E-state index contributed by atoms with van der Waals surface area (Å²) in [7, 11) is -0.892. The summed E-state index contributed by atoms with van der Waals surface area (Å²) in [5.41, 5.74) is 4.91. The minimum absolute atomic E-state index is 0.892. The molecule has 1 atom stereocenters. The third-order valence-electron chi connectivity index (χ3n) is 2.98. The van der Waals surface area contributed by atoms with Crippen LogP contribution in [-0.4, -0.2) is 16.7 Å². The molecule has 0 spiro atoms. The van der Waals surface area contributed by atoms with Gasteiger partial charge in [0.25, 0.3) is 0 Å². The molecule has 1 aromatic rings. The lowest BCUT2D eigenvalue weighted by molar-refractivity contribution is 0.685. The lowest BCUT2D eigenvalue weighted by Gasteiger charge is -2.17. The highest BCUT2D eigenvalue weighted by Crippen LogP contribution is 2.33. The van der Waals surface area contributed by atoms with Crippen LogP contribution in [0.2, 0.25) is 0 Å². The van der Waals surface area contributed by atoms with E-state index >= 15 is 0 Å². The van der Waals surface area contributed by atoms with Crippen molar-refractivity contribution in [2.75, 3.05) is 12.5 Å². The Morgan fingerprint density at radius 2 is 1.33 bits per heavy atom. The van der Waals surface area contributed by atoms with E-state index in [0.29, 0.717) is 0 Å². The van der Waals surface area contributed by atoms with Crippen LogP contribution in [0.1, 0.15) is 22.3 Å². The van der Waals surface area contributed by atoms with Crippen LogP contribution in [0, 0.1) is 27.7 Å². The number of benzene rings is 1. The van der Waals surface area contributed by atoms with Crippen LogP contribution < -0.4 is 0 Å². The second kappa shape index (κ2) is 4.71. The largest absolute Gasteiger partial charge is 0.255 e. The average Bonchev–Trinajstić information content (AvgIpc) is 2.16. The standard InChI is InChI=1S/C12H18OS2/c1-7-9(3)12(15(6)13)10(4)8(2)11(7)14-5/h1-6H3. The second-order valence-electron chi connectivity index (χ2n) is 3.82. The fraction of sp³-hybridized carbons (Fsp3) is 0.500. The van der Waals surface area contributed by atoms with Crippen molar-refractivity contribution in [1.82, 2.24) is 0 Å². The minimum Gasteiger partial charge on any atom is -0.255 e. The number of thioether (sulfide) groups is 1. The molecule has 0 aliphatic heterocycles. The Labute approximate surface area is 99.1 Å². The molecule has 3 heteroatoms. The highest BCUT2D eigenvalue weighted by Gasteiger charge is 2.15. The van der Waals surface area contributed by atoms with Crippen molar-refractivity contribution in [2.45, 2.75) is 37.5 Å². The maximum absolute atomic E-state index is 11.7. The molecular weight excluding hydrogens is 224 g/mol. The summed E-state index contributed by atoms with van der Waals surface area (Å²) in [5.74, 6) is 0. The molecule has 0 aromatic heterocycles. The van der Waals surface area contributed by atoms with E-state index in [1.54, 1.807) is 18.0 Å². The van der Waals surface area contributed by atoms with Crippen molar-refractivity contribution in [3.05, 3.63) is 22.3 Å². The topological polar surface area (TPSA) is 17.1 Å². The third-order valence-corrected chi connectivity index (χ3v) is 5.19. The molecule has 1 rings (SSSR count). The van der Waals surface area contributed by atoms with Gasteiger partial charge in [0.2, 0.25) is 0 Å². The van der Waals surface area contributed by atoms with E-state index in [0.717, 1.165) is 4.90 Å². The van der Waals surface area contributed by atoms with E-state index in [-0.39, 0.29) is 0 Å². The molecule has 1 nitrogen and oxygen atoms in total. The van der Waals surface area contributed by atoms with Crippen LogP contribution in [-0.2, 0) is 10.8 Å². The SMILES string of the molecule is CSc1c(C)c(C)c(S(C)=O)c(C)c1C. The third kappa shape index (κ3) is 2.13. The Kier molecular flexibility index (Phi) is 4.01. The molecule has 0 saturated heterocycles. The zero-order valence-corrected chi connectivity index (χ0v) is 11.9. The maximum atomic E-state index is 11.7. The summed E-state index contributed by atoms with van der Waals surface area (Å²) in [6.07, 6.45) is 3.85. The van der Waals surface area contributed by atoms with Gasteiger partial charge in [-0.05, 0) is 56.2 Å². The molecule has 0 aliphatic carbocycles. The van der Waals surface area contributed by atoms with Gasteiger partial charge in [-0.3, -0.25) is 4.21 Å². The van der Waals surface area contributed by atoms with Gasteiger partial charge in [0, 0.05) is 16.0 Å². The van der Waals surface area contributed by atoms with Gasteiger partial charge in [-0.15, -0.1) is 11.8 Å². The molecule has 15 heavy (non-hydrogen) atoms. The Morgan fingerprint density at radius 1 is 0.933 bits per heavy atom. The van der Waals surface area contributed by atoms with Crippen LogP contribution in [0.3, 0.4) is 0 Å². The van der Waals surface area contributed by atoms with Crippen molar-refractivity contribution in [1.29, 1.82) is 0 Å². The van der Waals surface area contributed by atoms with Crippen LogP contribution in [0.25, 0.3) is 0 Å². The molecule has 0 radical (unpaired) electrons. The molecule has 1 unspecified atom stereocenters. The summed E-state index contributed by atoms with van der Waals surface area (Å²) < 4.78 is 11.7. The lowest BCUT2D eigenvalue weighted by Crippen LogP contribution is -2.03. The van der Waals surface area contributed by atoms with Crippen LogP contribution in [0.5, 0.6) is 0 Å². The Morgan fingerprint density at radius 3 is 1.60 bits per heavy atom. The van der Waals surface area contributed by atoms with E-state index in [9.17, 15) is 4.21 Å². The fourth-order valence-corrected chi connectivity index (χ4v) is 4.07. The molecule has 0 fully saturated rings. The minimum atomic E-state index is -0.892.